The molecule has 0 atom stereocenters. The minimum atomic E-state index is -1.10. The van der Waals surface area contributed by atoms with Gasteiger partial charge >= 0.3 is 5.97 Å². The minimum absolute atomic E-state index is 0.00533. The smallest absolute Gasteiger partial charge is 0.340 e. The van der Waals surface area contributed by atoms with Gasteiger partial charge in [-0.2, -0.15) is 0 Å². The van der Waals surface area contributed by atoms with Gasteiger partial charge in [0.1, 0.15) is 16.7 Å². The zero-order chi connectivity index (χ0) is 25.4. The summed E-state index contributed by atoms with van der Waals surface area (Å²) in [4.78, 5) is 24.4. The van der Waals surface area contributed by atoms with Crippen molar-refractivity contribution >= 4 is 23.9 Å². The number of hydrogen-bond acceptors (Lipinski definition) is 4. The first-order valence-corrected chi connectivity index (χ1v) is 13.0. The first kappa shape index (κ1) is 25.3. The van der Waals surface area contributed by atoms with Crippen molar-refractivity contribution in [3.8, 4) is 17.1 Å². The van der Waals surface area contributed by atoms with Crippen molar-refractivity contribution in [3.63, 3.8) is 0 Å². The molecule has 0 radical (unpaired) electrons. The monoisotopic (exact) mass is 478 g/mol. The molecule has 0 aliphatic heterocycles. The summed E-state index contributed by atoms with van der Waals surface area (Å²) in [5.74, 6) is -0.297. The summed E-state index contributed by atoms with van der Waals surface area (Å²) in [5, 5.41) is 10.5. The van der Waals surface area contributed by atoms with Gasteiger partial charge in [-0.05, 0) is 65.5 Å². The van der Waals surface area contributed by atoms with Gasteiger partial charge in [0.05, 0.1) is 12.2 Å². The Morgan fingerprint density at radius 3 is 2.34 bits per heavy atom. The molecule has 4 rings (SSSR count). The van der Waals surface area contributed by atoms with E-state index in [0.29, 0.717) is 28.6 Å². The molecule has 0 spiro atoms. The number of rotatable bonds is 9. The second-order valence-electron chi connectivity index (χ2n) is 11.3. The van der Waals surface area contributed by atoms with Crippen LogP contribution in [0, 0.1) is 0 Å². The molecule has 0 fully saturated rings. The van der Waals surface area contributed by atoms with E-state index in [-0.39, 0.29) is 34.4 Å². The van der Waals surface area contributed by atoms with Crippen LogP contribution in [-0.4, -0.2) is 23.5 Å². The maximum absolute atomic E-state index is 12.4. The molecule has 1 heterocycles. The van der Waals surface area contributed by atoms with Crippen LogP contribution in [0.25, 0.3) is 23.5 Å². The van der Waals surface area contributed by atoms with Crippen molar-refractivity contribution in [3.05, 3.63) is 39.5 Å². The Balaban J connectivity index is 1.87. The number of aromatic carboxylic acids is 1. The molecule has 0 amide bonds. The van der Waals surface area contributed by atoms with Crippen LogP contribution in [0.4, 0.5) is 0 Å². The number of ketones is 1. The summed E-state index contributed by atoms with van der Waals surface area (Å²) in [7, 11) is 0. The number of Topliss-reactive ketones (excluding diaryl/α,β-unsaturated/α-hetero) is 1. The van der Waals surface area contributed by atoms with Crippen LogP contribution in [0.1, 0.15) is 107 Å². The predicted octanol–water partition coefficient (Wildman–Crippen LogP) is 5.88. The average Bonchev–Trinajstić information content (AvgIpc) is 3.17. The molecule has 0 bridgehead atoms. The highest BCUT2D eigenvalue weighted by Crippen LogP contribution is 2.49. The van der Waals surface area contributed by atoms with Gasteiger partial charge in [0.2, 0.25) is 0 Å². The molecular formula is C30H38O5. The third kappa shape index (κ3) is 4.96. The highest BCUT2D eigenvalue weighted by Gasteiger charge is 2.39. The topological polar surface area (TPSA) is 76.7 Å². The van der Waals surface area contributed by atoms with Crippen molar-refractivity contribution in [2.24, 2.45) is 0 Å². The number of furan rings is 1. The summed E-state index contributed by atoms with van der Waals surface area (Å²) in [5.41, 5.74) is 3.53. The Kier molecular flexibility index (Phi) is 6.99. The summed E-state index contributed by atoms with van der Waals surface area (Å²) in [6.07, 6.45) is 11.1. The van der Waals surface area contributed by atoms with E-state index in [1.165, 1.54) is 36.5 Å². The van der Waals surface area contributed by atoms with Gasteiger partial charge in [-0.25, -0.2) is 4.79 Å². The molecule has 0 unspecified atom stereocenters. The Labute approximate surface area is 207 Å². The van der Waals surface area contributed by atoms with Crippen molar-refractivity contribution in [2.45, 2.75) is 96.8 Å². The van der Waals surface area contributed by atoms with Crippen LogP contribution >= 0.6 is 0 Å². The number of hydrogen-bond donors (Lipinski definition) is 1. The number of unbranched alkanes of at least 4 members (excludes halogenated alkanes) is 4. The highest BCUT2D eigenvalue weighted by molar-refractivity contribution is 6.11. The van der Waals surface area contributed by atoms with Gasteiger partial charge in [-0.3, -0.25) is 4.79 Å². The van der Waals surface area contributed by atoms with E-state index in [1.54, 1.807) is 6.08 Å². The second kappa shape index (κ2) is 9.67. The summed E-state index contributed by atoms with van der Waals surface area (Å²) < 4.78 is 12.5. The molecule has 1 aromatic carbocycles. The molecule has 2 aliphatic rings. The largest absolute Gasteiger partial charge is 0.493 e. The Morgan fingerprint density at radius 1 is 1.03 bits per heavy atom. The van der Waals surface area contributed by atoms with E-state index in [0.717, 1.165) is 25.7 Å². The third-order valence-corrected chi connectivity index (χ3v) is 7.68. The first-order chi connectivity index (χ1) is 16.5. The fourth-order valence-electron chi connectivity index (χ4n) is 5.35. The van der Waals surface area contributed by atoms with Gasteiger partial charge in [0.15, 0.2) is 11.5 Å². The van der Waals surface area contributed by atoms with Crippen LogP contribution in [0.5, 0.6) is 5.75 Å². The van der Waals surface area contributed by atoms with E-state index in [9.17, 15) is 14.7 Å². The first-order valence-electron chi connectivity index (χ1n) is 13.0. The number of fused-ring (bicyclic) bond motifs is 2. The standard InChI is InChI=1S/C30H38O5/c1-6-7-8-9-10-15-34-25-18-23-22(29(2,3)13-14-30(23,4)5)17-21(25)27-26(28(32)33)20-16-19(31)11-12-24(20)35-27/h12,16-18H,6-11,13-15H2,1-5H3,(H,32,33). The summed E-state index contributed by atoms with van der Waals surface area (Å²) >= 11 is 0. The maximum Gasteiger partial charge on any atom is 0.340 e. The SMILES string of the molecule is CCCCCCCOc1cc2c(cc1-c1oc3c(c1C(=O)O)=CC(=O)CC=3)C(C)(C)CCC2(C)C. The maximum atomic E-state index is 12.4. The van der Waals surface area contributed by atoms with Crippen LogP contribution in [-0.2, 0) is 15.6 Å². The second-order valence-corrected chi connectivity index (χ2v) is 11.3. The molecule has 1 N–H and O–H groups in total. The zero-order valence-corrected chi connectivity index (χ0v) is 21.8. The lowest BCUT2D eigenvalue weighted by atomic mass is 9.63. The average molecular weight is 479 g/mol. The molecule has 5 heteroatoms. The molecule has 5 nitrogen and oxygen atoms in total. The fraction of sp³-hybridized carbons (Fsp3) is 0.533. The molecule has 35 heavy (non-hydrogen) atoms. The van der Waals surface area contributed by atoms with Crippen molar-refractivity contribution < 1.29 is 23.8 Å². The number of carboxylic acid groups (broad SMARTS) is 1. The van der Waals surface area contributed by atoms with Crippen LogP contribution in [0.2, 0.25) is 0 Å². The number of carboxylic acids is 1. The molecule has 1 aromatic heterocycles. The lowest BCUT2D eigenvalue weighted by molar-refractivity contribution is -0.112. The molecule has 0 saturated carbocycles. The highest BCUT2D eigenvalue weighted by atomic mass is 16.5. The van der Waals surface area contributed by atoms with Gasteiger partial charge in [-0.15, -0.1) is 0 Å². The molecular weight excluding hydrogens is 440 g/mol. The molecule has 2 aliphatic carbocycles. The van der Waals surface area contributed by atoms with Crippen LogP contribution in [0.15, 0.2) is 16.5 Å². The van der Waals surface area contributed by atoms with Crippen LogP contribution < -0.4 is 15.4 Å². The van der Waals surface area contributed by atoms with Gasteiger partial charge in [-0.1, -0.05) is 60.3 Å². The summed E-state index contributed by atoms with van der Waals surface area (Å²) in [6.45, 7) is 11.8. The van der Waals surface area contributed by atoms with Gasteiger partial charge < -0.3 is 14.3 Å². The lowest BCUT2D eigenvalue weighted by Crippen LogP contribution is -2.34. The van der Waals surface area contributed by atoms with E-state index >= 15 is 0 Å². The van der Waals surface area contributed by atoms with Crippen molar-refractivity contribution in [1.29, 1.82) is 0 Å². The van der Waals surface area contributed by atoms with E-state index in [1.807, 2.05) is 0 Å². The number of benzene rings is 1. The van der Waals surface area contributed by atoms with E-state index in [2.05, 4.69) is 46.8 Å². The fourth-order valence-corrected chi connectivity index (χ4v) is 5.35. The molecule has 0 saturated heterocycles. The van der Waals surface area contributed by atoms with Gasteiger partial charge in [0.25, 0.3) is 0 Å². The van der Waals surface area contributed by atoms with Crippen molar-refractivity contribution in [1.82, 2.24) is 0 Å². The van der Waals surface area contributed by atoms with E-state index < -0.39 is 5.97 Å². The van der Waals surface area contributed by atoms with E-state index in [4.69, 9.17) is 9.15 Å². The quantitative estimate of drug-likeness (QED) is 0.456. The Bertz CT molecular complexity index is 1260. The summed E-state index contributed by atoms with van der Waals surface area (Å²) in [6, 6.07) is 4.20. The number of carbonyl (C=O) groups is 2. The van der Waals surface area contributed by atoms with Crippen LogP contribution in [0.3, 0.4) is 0 Å². The Morgan fingerprint density at radius 2 is 1.69 bits per heavy atom. The third-order valence-electron chi connectivity index (χ3n) is 7.68. The van der Waals surface area contributed by atoms with Crippen molar-refractivity contribution in [2.75, 3.05) is 6.61 Å². The molecule has 188 valence electrons. The lowest BCUT2D eigenvalue weighted by Gasteiger charge is -2.42. The molecule has 2 aromatic rings. The number of ether oxygens (including phenoxy) is 1. The number of carbonyl (C=O) groups excluding carboxylic acids is 1. The normalized spacial score (nSPS) is 17.7. The Hall–Kier alpha value is -2.82. The van der Waals surface area contributed by atoms with Gasteiger partial charge in [0, 0.05) is 11.6 Å². The predicted molar refractivity (Wildman–Crippen MR) is 138 cm³/mol. The zero-order valence-electron chi connectivity index (χ0n) is 21.8. The minimum Gasteiger partial charge on any atom is -0.493 e.